The summed E-state index contributed by atoms with van der Waals surface area (Å²) in [6.07, 6.45) is 7.00. The lowest BCUT2D eigenvalue weighted by Gasteiger charge is -2.10. The third kappa shape index (κ3) is 3.66. The molecule has 8 heteroatoms. The van der Waals surface area contributed by atoms with Gasteiger partial charge in [-0.3, -0.25) is 14.2 Å². The average molecular weight is 339 g/mol. The van der Waals surface area contributed by atoms with Crippen molar-refractivity contribution in [3.8, 4) is 12.3 Å². The molecule has 0 bridgehead atoms. The number of hydrogen-bond donors (Lipinski definition) is 2. The summed E-state index contributed by atoms with van der Waals surface area (Å²) in [5.41, 5.74) is -1.14. The fourth-order valence-corrected chi connectivity index (χ4v) is 2.61. The molecule has 8 nitrogen and oxygen atoms in total. The molecule has 0 aliphatic carbocycles. The van der Waals surface area contributed by atoms with Gasteiger partial charge in [0, 0.05) is 25.8 Å². The highest BCUT2D eigenvalue weighted by atomic mass is 16.2. The molecule has 1 aliphatic heterocycles. The molecule has 2 aromatic rings. The summed E-state index contributed by atoms with van der Waals surface area (Å²) < 4.78 is 0.887. The first-order chi connectivity index (χ1) is 12.0. The monoisotopic (exact) mass is 339 g/mol. The van der Waals surface area contributed by atoms with E-state index in [1.54, 1.807) is 24.3 Å². The summed E-state index contributed by atoms with van der Waals surface area (Å²) in [4.78, 5) is 39.0. The minimum atomic E-state index is -0.614. The Morgan fingerprint density at radius 3 is 2.76 bits per heavy atom. The molecule has 1 aromatic carbocycles. The number of carbonyl (C=O) groups is 1. The molecule has 3 rings (SSSR count). The summed E-state index contributed by atoms with van der Waals surface area (Å²) >= 11 is 0. The lowest BCUT2D eigenvalue weighted by Crippen LogP contribution is -2.41. The first-order valence-electron chi connectivity index (χ1n) is 7.91. The molecule has 1 amide bonds. The van der Waals surface area contributed by atoms with Crippen LogP contribution < -0.4 is 16.6 Å². The minimum Gasteiger partial charge on any atom is -0.354 e. The number of carbonyl (C=O) groups excluding carboxylic acids is 1. The van der Waals surface area contributed by atoms with E-state index in [-0.39, 0.29) is 6.54 Å². The highest BCUT2D eigenvalue weighted by Crippen LogP contribution is 2.35. The lowest BCUT2D eigenvalue weighted by molar-refractivity contribution is -0.121. The van der Waals surface area contributed by atoms with Crippen molar-refractivity contribution in [1.82, 2.24) is 14.9 Å². The van der Waals surface area contributed by atoms with Gasteiger partial charge >= 0.3 is 5.69 Å². The highest BCUT2D eigenvalue weighted by molar-refractivity contribution is 5.78. The van der Waals surface area contributed by atoms with Crippen LogP contribution in [0.1, 0.15) is 19.3 Å². The van der Waals surface area contributed by atoms with Gasteiger partial charge in [-0.15, -0.1) is 12.3 Å². The van der Waals surface area contributed by atoms with E-state index in [1.807, 2.05) is 0 Å². The first kappa shape index (κ1) is 16.6. The van der Waals surface area contributed by atoms with Crippen molar-refractivity contribution in [3.63, 3.8) is 0 Å². The zero-order valence-corrected chi connectivity index (χ0v) is 13.5. The van der Waals surface area contributed by atoms with E-state index in [9.17, 15) is 14.4 Å². The molecule has 0 saturated heterocycles. The quantitative estimate of drug-likeness (QED) is 0.727. The predicted molar refractivity (Wildman–Crippen MR) is 92.1 cm³/mol. The van der Waals surface area contributed by atoms with E-state index in [4.69, 9.17) is 6.42 Å². The van der Waals surface area contributed by atoms with Crippen molar-refractivity contribution in [3.05, 3.63) is 45.1 Å². The number of amides is 1. The standard InChI is InChI=1S/C17H17N5O3/c1-2-3-8-17(20-21-17)9-10-18-14(23)11-22-15(24)12-6-4-5-7-13(12)19-16(22)25/h1,4-7H,3,8-11H2,(H,18,23)(H,19,25). The maximum absolute atomic E-state index is 12.4. The van der Waals surface area contributed by atoms with Gasteiger partial charge in [0.15, 0.2) is 5.66 Å². The molecule has 2 N–H and O–H groups in total. The molecule has 1 aliphatic rings. The van der Waals surface area contributed by atoms with Crippen molar-refractivity contribution in [1.29, 1.82) is 0 Å². The van der Waals surface area contributed by atoms with E-state index < -0.39 is 22.8 Å². The van der Waals surface area contributed by atoms with Crippen molar-refractivity contribution in [2.45, 2.75) is 31.5 Å². The van der Waals surface area contributed by atoms with Gasteiger partial charge < -0.3 is 10.3 Å². The summed E-state index contributed by atoms with van der Waals surface area (Å²) in [6, 6.07) is 6.66. The van der Waals surface area contributed by atoms with Gasteiger partial charge in [-0.2, -0.15) is 10.2 Å². The zero-order chi connectivity index (χ0) is 17.9. The van der Waals surface area contributed by atoms with Gasteiger partial charge in [0.25, 0.3) is 5.56 Å². The van der Waals surface area contributed by atoms with Crippen molar-refractivity contribution in [2.24, 2.45) is 10.2 Å². The Bertz CT molecular complexity index is 990. The third-order valence-electron chi connectivity index (χ3n) is 4.09. The zero-order valence-electron chi connectivity index (χ0n) is 13.5. The number of aromatic amines is 1. The Morgan fingerprint density at radius 1 is 1.28 bits per heavy atom. The lowest BCUT2D eigenvalue weighted by atomic mass is 10.0. The summed E-state index contributed by atoms with van der Waals surface area (Å²) in [7, 11) is 0. The fourth-order valence-electron chi connectivity index (χ4n) is 2.61. The number of benzene rings is 1. The SMILES string of the molecule is C#CCCC1(CCNC(=O)Cn2c(=O)[nH]c3ccccc3c2=O)N=N1. The van der Waals surface area contributed by atoms with Crippen LogP contribution in [0.2, 0.25) is 0 Å². The number of fused-ring (bicyclic) bond motifs is 1. The maximum Gasteiger partial charge on any atom is 0.329 e. The van der Waals surface area contributed by atoms with Crippen molar-refractivity contribution in [2.75, 3.05) is 6.54 Å². The first-order valence-corrected chi connectivity index (χ1v) is 7.91. The van der Waals surface area contributed by atoms with Gasteiger partial charge in [-0.25, -0.2) is 4.79 Å². The molecule has 0 saturated carbocycles. The van der Waals surface area contributed by atoms with E-state index in [1.165, 1.54) is 0 Å². The number of hydrogen-bond acceptors (Lipinski definition) is 5. The molecule has 0 atom stereocenters. The third-order valence-corrected chi connectivity index (χ3v) is 4.09. The van der Waals surface area contributed by atoms with Crippen LogP contribution in [-0.4, -0.2) is 27.7 Å². The number of aromatic nitrogens is 2. The predicted octanol–water partition coefficient (Wildman–Crippen LogP) is 0.772. The maximum atomic E-state index is 12.4. The second kappa shape index (κ2) is 6.73. The minimum absolute atomic E-state index is 0.343. The van der Waals surface area contributed by atoms with Crippen LogP contribution in [0.15, 0.2) is 44.1 Å². The second-order valence-electron chi connectivity index (χ2n) is 5.85. The average Bonchev–Trinajstić information content (AvgIpc) is 3.37. The Morgan fingerprint density at radius 2 is 2.04 bits per heavy atom. The van der Waals surface area contributed by atoms with Crippen molar-refractivity contribution >= 4 is 16.8 Å². The summed E-state index contributed by atoms with van der Waals surface area (Å²) in [5.74, 6) is 2.12. The topological polar surface area (TPSA) is 109 Å². The fraction of sp³-hybridized carbons (Fsp3) is 0.353. The molecule has 0 spiro atoms. The normalized spacial score (nSPS) is 14.2. The molecule has 0 unspecified atom stereocenters. The molecular formula is C17H17N5O3. The Balaban J connectivity index is 1.62. The largest absolute Gasteiger partial charge is 0.354 e. The number of nitrogens with one attached hydrogen (secondary N) is 2. The van der Waals surface area contributed by atoms with Crippen LogP contribution in [0.25, 0.3) is 10.9 Å². The van der Waals surface area contributed by atoms with E-state index in [0.29, 0.717) is 36.7 Å². The summed E-state index contributed by atoms with van der Waals surface area (Å²) in [5, 5.41) is 11.0. The molecule has 0 radical (unpaired) electrons. The van der Waals surface area contributed by atoms with Crippen LogP contribution in [0, 0.1) is 12.3 Å². The number of para-hydroxylation sites is 1. The van der Waals surface area contributed by atoms with Crippen LogP contribution in [0.5, 0.6) is 0 Å². The van der Waals surface area contributed by atoms with Gasteiger partial charge in [-0.1, -0.05) is 12.1 Å². The number of terminal acetylenes is 1. The van der Waals surface area contributed by atoms with Crippen molar-refractivity contribution < 1.29 is 4.79 Å². The van der Waals surface area contributed by atoms with Gasteiger partial charge in [0.1, 0.15) is 6.54 Å². The molecule has 128 valence electrons. The highest BCUT2D eigenvalue weighted by Gasteiger charge is 2.38. The van der Waals surface area contributed by atoms with Gasteiger partial charge in [-0.05, 0) is 12.1 Å². The van der Waals surface area contributed by atoms with Crippen LogP contribution >= 0.6 is 0 Å². The Kier molecular flexibility index (Phi) is 4.48. The molecule has 0 fully saturated rings. The van der Waals surface area contributed by atoms with Gasteiger partial charge in [0.05, 0.1) is 10.9 Å². The number of H-pyrrole nitrogens is 1. The molecular weight excluding hydrogens is 322 g/mol. The second-order valence-corrected chi connectivity index (χ2v) is 5.85. The smallest absolute Gasteiger partial charge is 0.329 e. The van der Waals surface area contributed by atoms with E-state index >= 15 is 0 Å². The van der Waals surface area contributed by atoms with Crippen LogP contribution in [-0.2, 0) is 11.3 Å². The van der Waals surface area contributed by atoms with Crippen LogP contribution in [0.4, 0.5) is 0 Å². The molecule has 1 aromatic heterocycles. The Labute approximate surface area is 143 Å². The van der Waals surface area contributed by atoms with Crippen LogP contribution in [0.3, 0.4) is 0 Å². The number of nitrogens with zero attached hydrogens (tertiary/aromatic N) is 3. The Hall–Kier alpha value is -3.21. The molecule has 2 heterocycles. The number of rotatable bonds is 7. The van der Waals surface area contributed by atoms with Gasteiger partial charge in [0.2, 0.25) is 5.91 Å². The van der Waals surface area contributed by atoms with E-state index in [2.05, 4.69) is 26.4 Å². The summed E-state index contributed by atoms with van der Waals surface area (Å²) in [6.45, 7) is 0.00127. The molecule has 25 heavy (non-hydrogen) atoms. The van der Waals surface area contributed by atoms with E-state index in [0.717, 1.165) is 4.57 Å².